The molecule has 0 saturated heterocycles. The average molecular weight is 558 g/mol. The number of amides is 3. The van der Waals surface area contributed by atoms with E-state index < -0.39 is 24.0 Å². The molecule has 0 saturated carbocycles. The van der Waals surface area contributed by atoms with Gasteiger partial charge in [-0.2, -0.15) is 0 Å². The second kappa shape index (κ2) is 15.5. The lowest BCUT2D eigenvalue weighted by atomic mass is 10.0. The van der Waals surface area contributed by atoms with Gasteiger partial charge in [0, 0.05) is 24.7 Å². The minimum Gasteiger partial charge on any atom is -0.492 e. The van der Waals surface area contributed by atoms with Gasteiger partial charge in [-0.1, -0.05) is 55.8 Å². The number of ether oxygens (including phenoxy) is 1. The Morgan fingerprint density at radius 3 is 2.51 bits per heavy atom. The first-order chi connectivity index (χ1) is 18.8. The Kier molecular flexibility index (Phi) is 12.0. The molecule has 1 heterocycles. The van der Waals surface area contributed by atoms with Crippen molar-refractivity contribution in [1.82, 2.24) is 26.6 Å². The molecule has 9 nitrogen and oxygen atoms in total. The Labute approximate surface area is 235 Å². The summed E-state index contributed by atoms with van der Waals surface area (Å²) in [6, 6.07) is 12.9. The van der Waals surface area contributed by atoms with Crippen LogP contribution in [0.4, 0.5) is 0 Å². The molecule has 3 rings (SSSR count). The molecular formula is C29H40ClN5O4. The molecule has 212 valence electrons. The van der Waals surface area contributed by atoms with Gasteiger partial charge in [-0.3, -0.25) is 14.4 Å². The summed E-state index contributed by atoms with van der Waals surface area (Å²) in [5.74, 6) is -0.432. The van der Waals surface area contributed by atoms with Crippen LogP contribution in [0.15, 0.2) is 48.5 Å². The molecule has 1 aliphatic rings. The number of fused-ring (bicyclic) bond motifs is 1. The molecule has 0 aliphatic carbocycles. The fourth-order valence-electron chi connectivity index (χ4n) is 4.48. The molecule has 0 bridgehead atoms. The van der Waals surface area contributed by atoms with Crippen LogP contribution in [0.5, 0.6) is 5.75 Å². The number of hydrogen-bond acceptors (Lipinski definition) is 6. The van der Waals surface area contributed by atoms with Crippen LogP contribution in [0, 0.1) is 5.92 Å². The van der Waals surface area contributed by atoms with E-state index in [0.29, 0.717) is 31.1 Å². The summed E-state index contributed by atoms with van der Waals surface area (Å²) < 4.78 is 6.06. The lowest BCUT2D eigenvalue weighted by molar-refractivity contribution is -0.133. The fraction of sp³-hybridized carbons (Fsp3) is 0.483. The Hall–Kier alpha value is -3.14. The van der Waals surface area contributed by atoms with E-state index in [-0.39, 0.29) is 24.3 Å². The highest BCUT2D eigenvalue weighted by molar-refractivity contribution is 6.30. The molecular weight excluding hydrogens is 518 g/mol. The third-order valence-electron chi connectivity index (χ3n) is 6.58. The Balaban J connectivity index is 1.86. The number of carbonyl (C=O) groups excluding carboxylic acids is 3. The van der Waals surface area contributed by atoms with Crippen molar-refractivity contribution in [2.75, 3.05) is 33.3 Å². The minimum atomic E-state index is -0.824. The van der Waals surface area contributed by atoms with E-state index in [9.17, 15) is 14.4 Å². The summed E-state index contributed by atoms with van der Waals surface area (Å²) in [6.07, 6.45) is 1.82. The number of rotatable bonds is 5. The van der Waals surface area contributed by atoms with Gasteiger partial charge in [0.15, 0.2) is 0 Å². The SMILES string of the molecule is CNC[C@@H]1NC(=O)[C@@H](C(C)C)NC(=O)[C@@H](Cc2cccc(Cl)c2)NCCOc2ccccc2CCCNC1=O. The van der Waals surface area contributed by atoms with E-state index in [2.05, 4.69) is 26.6 Å². The Morgan fingerprint density at radius 2 is 1.77 bits per heavy atom. The van der Waals surface area contributed by atoms with Crippen LogP contribution in [0.3, 0.4) is 0 Å². The minimum absolute atomic E-state index is 0.204. The van der Waals surface area contributed by atoms with E-state index in [4.69, 9.17) is 16.3 Å². The molecule has 1 aliphatic heterocycles. The van der Waals surface area contributed by atoms with Gasteiger partial charge in [0.05, 0.1) is 6.04 Å². The van der Waals surface area contributed by atoms with E-state index in [1.54, 1.807) is 13.1 Å². The zero-order valence-electron chi connectivity index (χ0n) is 22.9. The van der Waals surface area contributed by atoms with Crippen molar-refractivity contribution in [3.8, 4) is 5.75 Å². The Morgan fingerprint density at radius 1 is 0.974 bits per heavy atom. The average Bonchev–Trinajstić information content (AvgIpc) is 2.90. The fourth-order valence-corrected chi connectivity index (χ4v) is 4.69. The number of hydrogen-bond donors (Lipinski definition) is 5. The number of likely N-dealkylation sites (N-methyl/N-ethyl adjacent to an activating group) is 1. The Bertz CT molecular complexity index is 1110. The molecule has 0 unspecified atom stereocenters. The maximum atomic E-state index is 13.5. The first kappa shape index (κ1) is 30.4. The van der Waals surface area contributed by atoms with Crippen molar-refractivity contribution in [3.63, 3.8) is 0 Å². The van der Waals surface area contributed by atoms with Gasteiger partial charge in [0.2, 0.25) is 17.7 Å². The van der Waals surface area contributed by atoms with Crippen LogP contribution >= 0.6 is 11.6 Å². The normalized spacial score (nSPS) is 22.0. The van der Waals surface area contributed by atoms with Crippen LogP contribution in [-0.2, 0) is 27.2 Å². The predicted molar refractivity (Wildman–Crippen MR) is 153 cm³/mol. The second-order valence-corrected chi connectivity index (χ2v) is 10.5. The first-order valence-corrected chi connectivity index (χ1v) is 13.9. The predicted octanol–water partition coefficient (Wildman–Crippen LogP) is 1.83. The highest BCUT2D eigenvalue weighted by atomic mass is 35.5. The molecule has 2 aromatic carbocycles. The molecule has 10 heteroatoms. The zero-order chi connectivity index (χ0) is 28.2. The number of aryl methyl sites for hydroxylation is 1. The van der Waals surface area contributed by atoms with Crippen molar-refractivity contribution < 1.29 is 19.1 Å². The number of para-hydroxylation sites is 1. The molecule has 0 fully saturated rings. The quantitative estimate of drug-likeness (QED) is 0.382. The van der Waals surface area contributed by atoms with Crippen LogP contribution in [0.1, 0.15) is 31.4 Å². The monoisotopic (exact) mass is 557 g/mol. The van der Waals surface area contributed by atoms with Crippen LogP contribution in [0.25, 0.3) is 0 Å². The smallest absolute Gasteiger partial charge is 0.243 e. The number of benzene rings is 2. The largest absolute Gasteiger partial charge is 0.492 e. The van der Waals surface area contributed by atoms with E-state index >= 15 is 0 Å². The van der Waals surface area contributed by atoms with Crippen LogP contribution < -0.4 is 31.3 Å². The van der Waals surface area contributed by atoms with Gasteiger partial charge in [0.25, 0.3) is 0 Å². The highest BCUT2D eigenvalue weighted by Gasteiger charge is 2.30. The number of halogens is 1. The summed E-state index contributed by atoms with van der Waals surface area (Å²) in [5, 5.41) is 15.5. The lowest BCUT2D eigenvalue weighted by Crippen LogP contribution is -2.59. The third kappa shape index (κ3) is 9.53. The lowest BCUT2D eigenvalue weighted by Gasteiger charge is -2.27. The van der Waals surface area contributed by atoms with Crippen molar-refractivity contribution in [2.45, 2.75) is 51.2 Å². The molecule has 3 atom stereocenters. The maximum Gasteiger partial charge on any atom is 0.243 e. The van der Waals surface area contributed by atoms with Crippen molar-refractivity contribution in [3.05, 3.63) is 64.7 Å². The molecule has 39 heavy (non-hydrogen) atoms. The van der Waals surface area contributed by atoms with Crippen LogP contribution in [0.2, 0.25) is 5.02 Å². The van der Waals surface area contributed by atoms with E-state index in [1.165, 1.54) is 0 Å². The zero-order valence-corrected chi connectivity index (χ0v) is 23.6. The molecule has 3 amide bonds. The van der Waals surface area contributed by atoms with Gasteiger partial charge in [0.1, 0.15) is 24.4 Å². The summed E-state index contributed by atoms with van der Waals surface area (Å²) in [6.45, 7) is 5.20. The summed E-state index contributed by atoms with van der Waals surface area (Å²) in [5.41, 5.74) is 1.93. The standard InChI is InChI=1S/C29H40ClN5O4/c1-19(2)26-29(38)34-24(18-31-3)27(36)33-13-7-10-21-9-4-5-12-25(21)39-15-14-32-23(28(37)35-26)17-20-8-6-11-22(30)16-20/h4-6,8-9,11-12,16,19,23-24,26,31-32H,7,10,13-15,17-18H2,1-3H3,(H,33,36)(H,34,38)(H,35,37)/t23-,24+,26-/m1/s1. The molecule has 2 aromatic rings. The topological polar surface area (TPSA) is 121 Å². The third-order valence-corrected chi connectivity index (χ3v) is 6.81. The summed E-state index contributed by atoms with van der Waals surface area (Å²) >= 11 is 6.18. The highest BCUT2D eigenvalue weighted by Crippen LogP contribution is 2.19. The molecule has 0 radical (unpaired) electrons. The number of nitrogens with one attached hydrogen (secondary N) is 5. The summed E-state index contributed by atoms with van der Waals surface area (Å²) in [4.78, 5) is 39.7. The second-order valence-electron chi connectivity index (χ2n) is 10.0. The van der Waals surface area contributed by atoms with E-state index in [0.717, 1.165) is 29.7 Å². The molecule has 0 spiro atoms. The summed E-state index contributed by atoms with van der Waals surface area (Å²) in [7, 11) is 1.72. The van der Waals surface area contributed by atoms with Crippen LogP contribution in [-0.4, -0.2) is 69.1 Å². The van der Waals surface area contributed by atoms with Gasteiger partial charge in [-0.15, -0.1) is 0 Å². The van der Waals surface area contributed by atoms with E-state index in [1.807, 2.05) is 56.3 Å². The molecule has 5 N–H and O–H groups in total. The van der Waals surface area contributed by atoms with Gasteiger partial charge in [-0.25, -0.2) is 0 Å². The van der Waals surface area contributed by atoms with Gasteiger partial charge >= 0.3 is 0 Å². The molecule has 0 aromatic heterocycles. The number of carbonyl (C=O) groups is 3. The first-order valence-electron chi connectivity index (χ1n) is 13.5. The van der Waals surface area contributed by atoms with Gasteiger partial charge < -0.3 is 31.3 Å². The van der Waals surface area contributed by atoms with Crippen molar-refractivity contribution >= 4 is 29.3 Å². The maximum absolute atomic E-state index is 13.5. The van der Waals surface area contributed by atoms with Gasteiger partial charge in [-0.05, 0) is 61.6 Å². The van der Waals surface area contributed by atoms with Crippen molar-refractivity contribution in [2.24, 2.45) is 5.92 Å². The van der Waals surface area contributed by atoms with Crippen molar-refractivity contribution in [1.29, 1.82) is 0 Å².